The molecule has 29 heavy (non-hydrogen) atoms. The van der Waals surface area contributed by atoms with Crippen LogP contribution in [0.25, 0.3) is 16.5 Å². The van der Waals surface area contributed by atoms with Crippen molar-refractivity contribution >= 4 is 17.2 Å². The molecule has 154 valence electrons. The van der Waals surface area contributed by atoms with Gasteiger partial charge in [-0.1, -0.05) is 33.8 Å². The van der Waals surface area contributed by atoms with Crippen molar-refractivity contribution in [1.29, 1.82) is 0 Å². The van der Waals surface area contributed by atoms with Gasteiger partial charge in [-0.25, -0.2) is 14.6 Å². The van der Waals surface area contributed by atoms with Gasteiger partial charge in [-0.2, -0.15) is 5.10 Å². The van der Waals surface area contributed by atoms with Crippen LogP contribution in [0.15, 0.2) is 36.0 Å². The summed E-state index contributed by atoms with van der Waals surface area (Å²) in [4.78, 5) is 25.2. The molecule has 0 aliphatic heterocycles. The zero-order chi connectivity index (χ0) is 20.8. The molecule has 0 aliphatic carbocycles. The van der Waals surface area contributed by atoms with Crippen LogP contribution in [0.4, 0.5) is 0 Å². The van der Waals surface area contributed by atoms with Crippen molar-refractivity contribution in [2.75, 3.05) is 26.2 Å². The van der Waals surface area contributed by atoms with E-state index in [2.05, 4.69) is 39.1 Å². The normalized spacial score (nSPS) is 11.4. The van der Waals surface area contributed by atoms with E-state index in [0.29, 0.717) is 18.1 Å². The zero-order valence-electron chi connectivity index (χ0n) is 17.4. The van der Waals surface area contributed by atoms with Crippen LogP contribution in [-0.4, -0.2) is 56.7 Å². The van der Waals surface area contributed by atoms with Crippen LogP contribution in [0.3, 0.4) is 0 Å². The van der Waals surface area contributed by atoms with Crippen LogP contribution in [0.1, 0.15) is 49.7 Å². The minimum Gasteiger partial charge on any atom is -0.351 e. The molecule has 0 aliphatic rings. The first-order chi connectivity index (χ1) is 14.0. The third-order valence-corrected chi connectivity index (χ3v) is 5.70. The van der Waals surface area contributed by atoms with Crippen LogP contribution in [0, 0.1) is 0 Å². The number of amides is 1. The predicted octanol–water partition coefficient (Wildman–Crippen LogP) is 3.59. The average Bonchev–Trinajstić information content (AvgIpc) is 3.41. The van der Waals surface area contributed by atoms with E-state index in [9.17, 15) is 4.79 Å². The maximum Gasteiger partial charge on any atom is 0.254 e. The molecule has 0 saturated carbocycles. The van der Waals surface area contributed by atoms with Gasteiger partial charge in [0, 0.05) is 19.3 Å². The highest BCUT2D eigenvalue weighted by Gasteiger charge is 2.22. The third-order valence-electron chi connectivity index (χ3n) is 4.81. The van der Waals surface area contributed by atoms with Crippen molar-refractivity contribution in [3.05, 3.63) is 47.2 Å². The number of hydrogen-bond donors (Lipinski definition) is 1. The summed E-state index contributed by atoms with van der Waals surface area (Å²) in [5.74, 6) is 0.457. The number of likely N-dealkylation sites (N-methyl/N-ethyl adjacent to an activating group) is 1. The second-order valence-electron chi connectivity index (χ2n) is 7.01. The quantitative estimate of drug-likeness (QED) is 0.581. The summed E-state index contributed by atoms with van der Waals surface area (Å²) in [6.45, 7) is 11.7. The number of nitrogens with zero attached hydrogens (tertiary/aromatic N) is 5. The van der Waals surface area contributed by atoms with Gasteiger partial charge >= 0.3 is 0 Å². The van der Waals surface area contributed by atoms with E-state index in [4.69, 9.17) is 0 Å². The molecular formula is C21H28N6OS. The van der Waals surface area contributed by atoms with Gasteiger partial charge in [0.05, 0.1) is 28.0 Å². The molecular weight excluding hydrogens is 384 g/mol. The molecule has 3 heterocycles. The Bertz CT molecular complexity index is 931. The number of nitrogens with one attached hydrogen (secondary N) is 1. The molecule has 0 spiro atoms. The lowest BCUT2D eigenvalue weighted by atomic mass is 10.1. The highest BCUT2D eigenvalue weighted by Crippen LogP contribution is 2.25. The first-order valence-electron chi connectivity index (χ1n) is 10.0. The Balaban J connectivity index is 1.84. The van der Waals surface area contributed by atoms with Gasteiger partial charge in [-0.15, -0.1) is 11.3 Å². The smallest absolute Gasteiger partial charge is 0.254 e. The highest BCUT2D eigenvalue weighted by atomic mass is 32.1. The van der Waals surface area contributed by atoms with Crippen LogP contribution in [0.5, 0.6) is 0 Å². The van der Waals surface area contributed by atoms with E-state index in [1.54, 1.807) is 28.4 Å². The van der Waals surface area contributed by atoms with Gasteiger partial charge in [0.25, 0.3) is 11.9 Å². The summed E-state index contributed by atoms with van der Waals surface area (Å²) in [5, 5.41) is 9.49. The molecule has 7 nitrogen and oxygen atoms in total. The minimum absolute atomic E-state index is 0.0926. The molecule has 0 fully saturated rings. The van der Waals surface area contributed by atoms with Gasteiger partial charge in [-0.3, -0.25) is 4.79 Å². The van der Waals surface area contributed by atoms with Crippen LogP contribution < -0.4 is 5.32 Å². The molecule has 0 aromatic carbocycles. The van der Waals surface area contributed by atoms with Gasteiger partial charge in [0.1, 0.15) is 0 Å². The standard InChI is InChI=1S/C21H28N6OS/c1-5-26(6-2)12-11-22-20(28)16-14-24-27(19(16)15(3)4)21-23-10-9-17(25-21)18-8-7-13-29-18/h7-10,13-15H,5-6,11-12H2,1-4H3,(H,22,28). The van der Waals surface area contributed by atoms with Gasteiger partial charge in [0.15, 0.2) is 0 Å². The van der Waals surface area contributed by atoms with E-state index in [1.165, 1.54) is 0 Å². The SMILES string of the molecule is CCN(CC)CCNC(=O)c1cnn(-c2nccc(-c3cccs3)n2)c1C(C)C. The Morgan fingerprint density at radius 3 is 2.72 bits per heavy atom. The van der Waals surface area contributed by atoms with Crippen molar-refractivity contribution in [3.8, 4) is 16.5 Å². The molecule has 0 saturated heterocycles. The average molecular weight is 413 g/mol. The number of rotatable bonds is 9. The van der Waals surface area contributed by atoms with Crippen molar-refractivity contribution in [2.24, 2.45) is 0 Å². The largest absolute Gasteiger partial charge is 0.351 e. The lowest BCUT2D eigenvalue weighted by molar-refractivity contribution is 0.0947. The molecule has 3 aromatic heterocycles. The molecule has 0 atom stereocenters. The second-order valence-corrected chi connectivity index (χ2v) is 7.96. The van der Waals surface area contributed by atoms with E-state index in [1.807, 2.05) is 37.4 Å². The van der Waals surface area contributed by atoms with Crippen molar-refractivity contribution in [1.82, 2.24) is 30.0 Å². The Morgan fingerprint density at radius 2 is 2.07 bits per heavy atom. The Kier molecular flexibility index (Phi) is 7.11. The summed E-state index contributed by atoms with van der Waals surface area (Å²) in [6.07, 6.45) is 3.34. The topological polar surface area (TPSA) is 75.9 Å². The van der Waals surface area contributed by atoms with E-state index < -0.39 is 0 Å². The van der Waals surface area contributed by atoms with Crippen LogP contribution >= 0.6 is 11.3 Å². The number of carbonyl (C=O) groups excluding carboxylic acids is 1. The molecule has 3 rings (SSSR count). The Hall–Kier alpha value is -2.58. The van der Waals surface area contributed by atoms with Gasteiger partial charge in [0.2, 0.25) is 0 Å². The fraction of sp³-hybridized carbons (Fsp3) is 0.429. The molecule has 0 radical (unpaired) electrons. The monoisotopic (exact) mass is 412 g/mol. The van der Waals surface area contributed by atoms with Crippen molar-refractivity contribution < 1.29 is 4.79 Å². The first-order valence-corrected chi connectivity index (χ1v) is 10.9. The minimum atomic E-state index is -0.110. The number of hydrogen-bond acceptors (Lipinski definition) is 6. The summed E-state index contributed by atoms with van der Waals surface area (Å²) in [7, 11) is 0. The van der Waals surface area contributed by atoms with Gasteiger partial charge < -0.3 is 10.2 Å². The summed E-state index contributed by atoms with van der Waals surface area (Å²) < 4.78 is 1.68. The van der Waals surface area contributed by atoms with Crippen LogP contribution in [0.2, 0.25) is 0 Å². The molecule has 3 aromatic rings. The Morgan fingerprint density at radius 1 is 1.28 bits per heavy atom. The zero-order valence-corrected chi connectivity index (χ0v) is 18.2. The maximum absolute atomic E-state index is 12.8. The fourth-order valence-corrected chi connectivity index (χ4v) is 3.92. The van der Waals surface area contributed by atoms with E-state index in [0.717, 1.165) is 35.9 Å². The van der Waals surface area contributed by atoms with Crippen molar-refractivity contribution in [3.63, 3.8) is 0 Å². The molecule has 8 heteroatoms. The number of thiophene rings is 1. The summed E-state index contributed by atoms with van der Waals surface area (Å²) in [6, 6.07) is 5.91. The second kappa shape index (κ2) is 9.76. The van der Waals surface area contributed by atoms with Gasteiger partial charge in [-0.05, 0) is 36.5 Å². The third kappa shape index (κ3) is 4.89. The number of carbonyl (C=O) groups is 1. The highest BCUT2D eigenvalue weighted by molar-refractivity contribution is 7.13. The maximum atomic E-state index is 12.8. The lowest BCUT2D eigenvalue weighted by Crippen LogP contribution is -2.35. The van der Waals surface area contributed by atoms with Crippen LogP contribution in [-0.2, 0) is 0 Å². The Labute approximate surface area is 175 Å². The first kappa shape index (κ1) is 21.1. The van der Waals surface area contributed by atoms with Crippen molar-refractivity contribution in [2.45, 2.75) is 33.6 Å². The lowest BCUT2D eigenvalue weighted by Gasteiger charge is -2.18. The fourth-order valence-electron chi connectivity index (χ4n) is 3.22. The molecule has 1 amide bonds. The summed E-state index contributed by atoms with van der Waals surface area (Å²) >= 11 is 1.63. The predicted molar refractivity (Wildman–Crippen MR) is 117 cm³/mol. The van der Waals surface area contributed by atoms with E-state index >= 15 is 0 Å². The van der Waals surface area contributed by atoms with E-state index in [-0.39, 0.29) is 11.8 Å². The molecule has 0 bridgehead atoms. The molecule has 1 N–H and O–H groups in total. The summed E-state index contributed by atoms with van der Waals surface area (Å²) in [5.41, 5.74) is 2.23. The molecule has 0 unspecified atom stereocenters. The number of aromatic nitrogens is 4.